The molecule has 0 bridgehead atoms. The lowest BCUT2D eigenvalue weighted by atomic mass is 10.2. The number of carbonyl (C=O) groups excluding carboxylic acids is 2. The number of anilines is 3. The fraction of sp³-hybridized carbons (Fsp3) is 0.312. The molecule has 2 N–H and O–H groups in total. The first-order valence-corrected chi connectivity index (χ1v) is 7.44. The molecule has 0 unspecified atom stereocenters. The molecule has 0 aliphatic carbocycles. The Kier molecular flexibility index (Phi) is 5.35. The SMILES string of the molecule is CCN(CC)c1ccc(NC(=O)C(=O)Nc2cc(C)on2)cc1. The number of amides is 2. The average molecular weight is 316 g/mol. The molecule has 1 aromatic heterocycles. The first-order chi connectivity index (χ1) is 11.0. The van der Waals surface area contributed by atoms with Crippen molar-refractivity contribution in [3.63, 3.8) is 0 Å². The van der Waals surface area contributed by atoms with E-state index in [1.165, 1.54) is 6.07 Å². The van der Waals surface area contributed by atoms with Crippen LogP contribution in [0.25, 0.3) is 0 Å². The summed E-state index contributed by atoms with van der Waals surface area (Å²) in [6, 6.07) is 8.87. The second kappa shape index (κ2) is 7.44. The molecule has 0 aliphatic rings. The lowest BCUT2D eigenvalue weighted by Crippen LogP contribution is -2.29. The summed E-state index contributed by atoms with van der Waals surface area (Å²) in [5, 5.41) is 8.51. The molecule has 1 heterocycles. The van der Waals surface area contributed by atoms with E-state index in [0.29, 0.717) is 11.4 Å². The van der Waals surface area contributed by atoms with Crippen molar-refractivity contribution in [1.29, 1.82) is 0 Å². The number of benzene rings is 1. The van der Waals surface area contributed by atoms with Crippen LogP contribution in [-0.2, 0) is 9.59 Å². The molecule has 2 amide bonds. The zero-order valence-electron chi connectivity index (χ0n) is 13.4. The Hall–Kier alpha value is -2.83. The summed E-state index contributed by atoms with van der Waals surface area (Å²) in [5.41, 5.74) is 1.62. The summed E-state index contributed by atoms with van der Waals surface area (Å²) in [6.45, 7) is 7.66. The maximum absolute atomic E-state index is 11.9. The zero-order chi connectivity index (χ0) is 16.8. The zero-order valence-corrected chi connectivity index (χ0v) is 13.4. The van der Waals surface area contributed by atoms with Gasteiger partial charge >= 0.3 is 11.8 Å². The van der Waals surface area contributed by atoms with Gasteiger partial charge in [0, 0.05) is 30.5 Å². The fourth-order valence-electron chi connectivity index (χ4n) is 2.13. The average Bonchev–Trinajstić information content (AvgIpc) is 2.95. The highest BCUT2D eigenvalue weighted by atomic mass is 16.5. The quantitative estimate of drug-likeness (QED) is 0.827. The third-order valence-corrected chi connectivity index (χ3v) is 3.33. The van der Waals surface area contributed by atoms with E-state index in [2.05, 4.69) is 34.5 Å². The Morgan fingerprint density at radius 1 is 1.09 bits per heavy atom. The second-order valence-corrected chi connectivity index (χ2v) is 4.95. The summed E-state index contributed by atoms with van der Waals surface area (Å²) in [4.78, 5) is 25.8. The summed E-state index contributed by atoms with van der Waals surface area (Å²) >= 11 is 0. The minimum atomic E-state index is -0.800. The molecule has 0 aliphatic heterocycles. The molecule has 1 aromatic carbocycles. The van der Waals surface area contributed by atoms with Gasteiger partial charge in [-0.3, -0.25) is 14.9 Å². The Morgan fingerprint density at radius 2 is 1.70 bits per heavy atom. The van der Waals surface area contributed by atoms with E-state index in [-0.39, 0.29) is 5.82 Å². The van der Waals surface area contributed by atoms with Gasteiger partial charge in [-0.2, -0.15) is 0 Å². The first kappa shape index (κ1) is 16.5. The van der Waals surface area contributed by atoms with Gasteiger partial charge < -0.3 is 14.7 Å². The van der Waals surface area contributed by atoms with Crippen LogP contribution in [0.5, 0.6) is 0 Å². The molecule has 0 fully saturated rings. The van der Waals surface area contributed by atoms with Crippen LogP contribution in [-0.4, -0.2) is 30.1 Å². The second-order valence-electron chi connectivity index (χ2n) is 4.95. The number of nitrogens with one attached hydrogen (secondary N) is 2. The predicted octanol–water partition coefficient (Wildman–Crippen LogP) is 2.41. The van der Waals surface area contributed by atoms with Crippen LogP contribution in [0.4, 0.5) is 17.2 Å². The van der Waals surface area contributed by atoms with E-state index in [4.69, 9.17) is 4.52 Å². The summed E-state index contributed by atoms with van der Waals surface area (Å²) in [6.07, 6.45) is 0. The normalized spacial score (nSPS) is 10.2. The molecule has 0 saturated heterocycles. The monoisotopic (exact) mass is 316 g/mol. The number of nitrogens with zero attached hydrogens (tertiary/aromatic N) is 2. The number of aryl methyl sites for hydroxylation is 1. The highest BCUT2D eigenvalue weighted by Gasteiger charge is 2.15. The van der Waals surface area contributed by atoms with Crippen LogP contribution in [0.3, 0.4) is 0 Å². The third-order valence-electron chi connectivity index (χ3n) is 3.33. The molecular weight excluding hydrogens is 296 g/mol. The molecule has 7 heteroatoms. The van der Waals surface area contributed by atoms with Crippen molar-refractivity contribution in [3.05, 3.63) is 36.1 Å². The molecule has 0 saturated carbocycles. The molecule has 2 aromatic rings. The van der Waals surface area contributed by atoms with Gasteiger partial charge in [-0.15, -0.1) is 0 Å². The van der Waals surface area contributed by atoms with Crippen molar-refractivity contribution in [2.24, 2.45) is 0 Å². The molecule has 7 nitrogen and oxygen atoms in total. The molecule has 0 radical (unpaired) electrons. The Balaban J connectivity index is 1.95. The lowest BCUT2D eigenvalue weighted by Gasteiger charge is -2.21. The molecule has 23 heavy (non-hydrogen) atoms. The summed E-state index contributed by atoms with van der Waals surface area (Å²) in [5.74, 6) is -0.806. The number of aromatic nitrogens is 1. The fourth-order valence-corrected chi connectivity index (χ4v) is 2.13. The Bertz CT molecular complexity index is 675. The summed E-state index contributed by atoms with van der Waals surface area (Å²) in [7, 11) is 0. The lowest BCUT2D eigenvalue weighted by molar-refractivity contribution is -0.133. The first-order valence-electron chi connectivity index (χ1n) is 7.44. The third kappa shape index (κ3) is 4.32. The molecular formula is C16H20N4O3. The van der Waals surface area contributed by atoms with E-state index in [0.717, 1.165) is 18.8 Å². The van der Waals surface area contributed by atoms with Crippen molar-refractivity contribution < 1.29 is 14.1 Å². The topological polar surface area (TPSA) is 87.5 Å². The standard InChI is InChI=1S/C16H20N4O3/c1-4-20(5-2)13-8-6-12(7-9-13)17-15(21)16(22)18-14-10-11(3)23-19-14/h6-10H,4-5H2,1-3H3,(H,17,21)(H,18,19,22). The van der Waals surface area contributed by atoms with Gasteiger partial charge in [0.1, 0.15) is 5.76 Å². The van der Waals surface area contributed by atoms with Crippen molar-refractivity contribution in [3.8, 4) is 0 Å². The van der Waals surface area contributed by atoms with Crippen LogP contribution in [0.2, 0.25) is 0 Å². The largest absolute Gasteiger partial charge is 0.372 e. The maximum Gasteiger partial charge on any atom is 0.315 e. The molecule has 2 rings (SSSR count). The number of carbonyl (C=O) groups is 2. The van der Waals surface area contributed by atoms with Gasteiger partial charge in [-0.05, 0) is 45.0 Å². The van der Waals surface area contributed by atoms with E-state index in [1.807, 2.05) is 12.1 Å². The van der Waals surface area contributed by atoms with Crippen LogP contribution < -0.4 is 15.5 Å². The van der Waals surface area contributed by atoms with Crippen LogP contribution in [0.15, 0.2) is 34.9 Å². The predicted molar refractivity (Wildman–Crippen MR) is 88.5 cm³/mol. The van der Waals surface area contributed by atoms with E-state index >= 15 is 0 Å². The van der Waals surface area contributed by atoms with Crippen molar-refractivity contribution in [2.75, 3.05) is 28.6 Å². The molecule has 122 valence electrons. The molecule has 0 atom stereocenters. The van der Waals surface area contributed by atoms with Crippen molar-refractivity contribution in [2.45, 2.75) is 20.8 Å². The van der Waals surface area contributed by atoms with E-state index < -0.39 is 11.8 Å². The summed E-state index contributed by atoms with van der Waals surface area (Å²) < 4.78 is 4.82. The highest BCUT2D eigenvalue weighted by Crippen LogP contribution is 2.17. The Labute approximate surface area is 134 Å². The Morgan fingerprint density at radius 3 is 2.22 bits per heavy atom. The number of rotatable bonds is 5. The van der Waals surface area contributed by atoms with Crippen LogP contribution in [0, 0.1) is 6.92 Å². The van der Waals surface area contributed by atoms with Crippen LogP contribution >= 0.6 is 0 Å². The van der Waals surface area contributed by atoms with E-state index in [9.17, 15) is 9.59 Å². The maximum atomic E-state index is 11.9. The minimum absolute atomic E-state index is 0.208. The van der Waals surface area contributed by atoms with Crippen LogP contribution in [0.1, 0.15) is 19.6 Å². The van der Waals surface area contributed by atoms with Gasteiger partial charge in [0.05, 0.1) is 0 Å². The van der Waals surface area contributed by atoms with Gasteiger partial charge in [0.2, 0.25) is 0 Å². The van der Waals surface area contributed by atoms with Crippen molar-refractivity contribution >= 4 is 29.0 Å². The smallest absolute Gasteiger partial charge is 0.315 e. The van der Waals surface area contributed by atoms with Gasteiger partial charge in [-0.1, -0.05) is 5.16 Å². The van der Waals surface area contributed by atoms with E-state index in [1.54, 1.807) is 19.1 Å². The molecule has 0 spiro atoms. The highest BCUT2D eigenvalue weighted by molar-refractivity contribution is 6.43. The van der Waals surface area contributed by atoms with Gasteiger partial charge in [0.25, 0.3) is 0 Å². The minimum Gasteiger partial charge on any atom is -0.372 e. The van der Waals surface area contributed by atoms with Crippen molar-refractivity contribution in [1.82, 2.24) is 5.16 Å². The van der Waals surface area contributed by atoms with Gasteiger partial charge in [0.15, 0.2) is 5.82 Å². The number of hydrogen-bond donors (Lipinski definition) is 2. The number of hydrogen-bond acceptors (Lipinski definition) is 5. The van der Waals surface area contributed by atoms with Gasteiger partial charge in [-0.25, -0.2) is 0 Å².